The summed E-state index contributed by atoms with van der Waals surface area (Å²) in [4.78, 5) is 26.3. The van der Waals surface area contributed by atoms with E-state index < -0.39 is 18.2 Å². The minimum Gasteiger partial charge on any atom is -0.462 e. The van der Waals surface area contributed by atoms with Crippen LogP contribution < -0.4 is 5.32 Å². The molecular weight excluding hydrogens is 863 g/mol. The smallest absolute Gasteiger partial charge is 0.306 e. The second-order valence-corrected chi connectivity index (χ2v) is 21.5. The van der Waals surface area contributed by atoms with E-state index in [2.05, 4.69) is 62.5 Å². The maximum absolute atomic E-state index is 13.3. The van der Waals surface area contributed by atoms with E-state index in [1.54, 1.807) is 0 Å². The third kappa shape index (κ3) is 52.4. The van der Waals surface area contributed by atoms with Crippen LogP contribution in [0.25, 0.3) is 0 Å². The molecule has 0 saturated carbocycles. The van der Waals surface area contributed by atoms with Crippen molar-refractivity contribution in [1.82, 2.24) is 5.32 Å². The van der Waals surface area contributed by atoms with Crippen molar-refractivity contribution in [2.45, 2.75) is 354 Å². The highest BCUT2D eigenvalue weighted by molar-refractivity contribution is 5.77. The molecule has 0 aromatic carbocycles. The van der Waals surface area contributed by atoms with E-state index >= 15 is 0 Å². The number of amides is 1. The van der Waals surface area contributed by atoms with Crippen molar-refractivity contribution in [1.29, 1.82) is 0 Å². The van der Waals surface area contributed by atoms with Gasteiger partial charge in [0, 0.05) is 6.42 Å². The number of nitrogens with one attached hydrogen (secondary N) is 1. The summed E-state index contributed by atoms with van der Waals surface area (Å²) < 4.78 is 5.97. The zero-order chi connectivity index (χ0) is 50.9. The lowest BCUT2D eigenvalue weighted by Crippen LogP contribution is -2.46. The zero-order valence-electron chi connectivity index (χ0n) is 47.2. The van der Waals surface area contributed by atoms with Gasteiger partial charge in [0.05, 0.1) is 25.2 Å². The Balaban J connectivity index is 4.55. The predicted octanol–water partition coefficient (Wildman–Crippen LogP) is 19.6. The van der Waals surface area contributed by atoms with Crippen molar-refractivity contribution in [3.8, 4) is 0 Å². The number of hydrogen-bond donors (Lipinski definition) is 3. The largest absolute Gasteiger partial charge is 0.462 e. The number of aliphatic hydroxyl groups excluding tert-OH is 2. The van der Waals surface area contributed by atoms with Crippen LogP contribution in [0.1, 0.15) is 335 Å². The Morgan fingerprint density at radius 3 is 1.10 bits per heavy atom. The number of unbranched alkanes of at least 4 members (excludes halogenated alkanes) is 41. The quantitative estimate of drug-likeness (QED) is 0.0321. The molecule has 0 bridgehead atoms. The van der Waals surface area contributed by atoms with Crippen LogP contribution in [-0.4, -0.2) is 46.9 Å². The number of carbonyl (C=O) groups excluding carboxylic acids is 2. The van der Waals surface area contributed by atoms with Crippen molar-refractivity contribution in [2.24, 2.45) is 0 Å². The Bertz CT molecular complexity index is 1150. The number of ether oxygens (including phenoxy) is 1. The predicted molar refractivity (Wildman–Crippen MR) is 306 cm³/mol. The van der Waals surface area contributed by atoms with E-state index in [1.807, 2.05) is 0 Å². The Labute approximate surface area is 436 Å². The number of carbonyl (C=O) groups is 2. The van der Waals surface area contributed by atoms with Gasteiger partial charge in [-0.2, -0.15) is 0 Å². The van der Waals surface area contributed by atoms with Gasteiger partial charge in [-0.3, -0.25) is 9.59 Å². The molecule has 1 amide bonds. The second-order valence-electron chi connectivity index (χ2n) is 21.5. The monoisotopic (exact) mass is 984 g/mol. The summed E-state index contributed by atoms with van der Waals surface area (Å²) in [6.45, 7) is 6.51. The second kappa shape index (κ2) is 58.0. The summed E-state index contributed by atoms with van der Waals surface area (Å²) >= 11 is 0. The van der Waals surface area contributed by atoms with Gasteiger partial charge in [-0.05, 0) is 51.4 Å². The molecule has 3 atom stereocenters. The zero-order valence-corrected chi connectivity index (χ0v) is 47.2. The van der Waals surface area contributed by atoms with Gasteiger partial charge in [0.2, 0.25) is 5.91 Å². The minimum atomic E-state index is -0.796. The summed E-state index contributed by atoms with van der Waals surface area (Å²) in [7, 11) is 0. The first-order valence-electron chi connectivity index (χ1n) is 31.2. The van der Waals surface area contributed by atoms with Gasteiger partial charge >= 0.3 is 5.97 Å². The highest BCUT2D eigenvalue weighted by Gasteiger charge is 2.24. The van der Waals surface area contributed by atoms with E-state index in [9.17, 15) is 19.8 Å². The van der Waals surface area contributed by atoms with Gasteiger partial charge in [-0.15, -0.1) is 0 Å². The van der Waals surface area contributed by atoms with Crippen LogP contribution in [0.5, 0.6) is 0 Å². The highest BCUT2D eigenvalue weighted by Crippen LogP contribution is 2.19. The van der Waals surface area contributed by atoms with Crippen LogP contribution in [0.15, 0.2) is 36.5 Å². The van der Waals surface area contributed by atoms with Crippen LogP contribution in [0.4, 0.5) is 0 Å². The van der Waals surface area contributed by atoms with Gasteiger partial charge in [-0.25, -0.2) is 0 Å². The molecule has 3 unspecified atom stereocenters. The highest BCUT2D eigenvalue weighted by atomic mass is 16.5. The summed E-state index contributed by atoms with van der Waals surface area (Å²) in [6.07, 6.45) is 70.8. The molecule has 0 spiro atoms. The molecular formula is C64H121NO5. The first-order valence-corrected chi connectivity index (χ1v) is 31.2. The number of hydrogen-bond acceptors (Lipinski definition) is 5. The first kappa shape index (κ1) is 68.1. The molecule has 0 aromatic heterocycles. The first-order chi connectivity index (χ1) is 34.5. The molecule has 0 saturated heterocycles. The summed E-state index contributed by atoms with van der Waals surface area (Å²) in [5, 5.41) is 24.0. The van der Waals surface area contributed by atoms with Crippen molar-refractivity contribution in [3.05, 3.63) is 36.5 Å². The molecule has 0 aromatic rings. The van der Waals surface area contributed by atoms with Gasteiger partial charge in [0.25, 0.3) is 0 Å². The van der Waals surface area contributed by atoms with E-state index in [4.69, 9.17) is 4.74 Å². The maximum Gasteiger partial charge on any atom is 0.306 e. The Morgan fingerprint density at radius 1 is 0.414 bits per heavy atom. The van der Waals surface area contributed by atoms with Crippen molar-refractivity contribution in [2.75, 3.05) is 6.61 Å². The fourth-order valence-electron chi connectivity index (χ4n) is 9.79. The fourth-order valence-corrected chi connectivity index (χ4v) is 9.79. The normalized spacial score (nSPS) is 13.3. The molecule has 412 valence electrons. The third-order valence-electron chi connectivity index (χ3n) is 14.5. The van der Waals surface area contributed by atoms with Crippen LogP contribution in [0.3, 0.4) is 0 Å². The van der Waals surface area contributed by atoms with Crippen LogP contribution in [0.2, 0.25) is 0 Å². The molecule has 0 heterocycles. The van der Waals surface area contributed by atoms with Crippen LogP contribution >= 0.6 is 0 Å². The van der Waals surface area contributed by atoms with E-state index in [0.29, 0.717) is 19.3 Å². The minimum absolute atomic E-state index is 0.0597. The molecule has 6 heteroatoms. The summed E-state index contributed by atoms with van der Waals surface area (Å²) in [5.74, 6) is -0.487. The lowest BCUT2D eigenvalue weighted by Gasteiger charge is -2.24. The van der Waals surface area contributed by atoms with Crippen LogP contribution in [0, 0.1) is 0 Å². The molecule has 0 aliphatic carbocycles. The Kier molecular flexibility index (Phi) is 56.4. The van der Waals surface area contributed by atoms with Crippen LogP contribution in [-0.2, 0) is 14.3 Å². The van der Waals surface area contributed by atoms with Crippen molar-refractivity contribution >= 4 is 11.9 Å². The number of allylic oxidation sites excluding steroid dienone is 6. The van der Waals surface area contributed by atoms with Gasteiger partial charge in [0.15, 0.2) is 0 Å². The average Bonchev–Trinajstić information content (AvgIpc) is 3.35. The summed E-state index contributed by atoms with van der Waals surface area (Å²) in [6, 6.07) is -0.712. The lowest BCUT2D eigenvalue weighted by molar-refractivity contribution is -0.151. The molecule has 0 radical (unpaired) electrons. The third-order valence-corrected chi connectivity index (χ3v) is 14.5. The Morgan fingerprint density at radius 2 is 0.729 bits per heavy atom. The number of rotatable bonds is 57. The lowest BCUT2D eigenvalue weighted by atomic mass is 10.0. The molecule has 0 aliphatic heterocycles. The molecule has 6 nitrogen and oxygen atoms in total. The molecule has 0 fully saturated rings. The standard InChI is InChI=1S/C64H121NO5/c1-4-7-10-13-16-19-22-25-28-31-33-36-39-42-45-48-51-54-57-64(69)70-60(55-52-49-46-43-40-37-34-30-27-24-21-18-15-12-9-6-3)58-63(68)65-61(59-66)62(67)56-53-50-47-44-41-38-35-32-29-26-23-20-17-14-11-8-5-2/h24,27,30,34,37,40,60-62,66-67H,4-23,25-26,28-29,31-33,35-36,38-39,41-59H2,1-3H3,(H,65,68)/b27-24+,34-30+,40-37+. The van der Waals surface area contributed by atoms with Gasteiger partial charge < -0.3 is 20.3 Å². The van der Waals surface area contributed by atoms with E-state index in [0.717, 1.165) is 70.6 Å². The molecule has 0 rings (SSSR count). The SMILES string of the molecule is CCCCCCC/C=C/C=C/C=C/CCCCCC(CC(=O)NC(CO)C(O)CCCCCCCCCCCCCCCCCCC)OC(=O)CCCCCCCCCCCCCCCCCCCC. The topological polar surface area (TPSA) is 95.9 Å². The molecule has 3 N–H and O–H groups in total. The van der Waals surface area contributed by atoms with Gasteiger partial charge in [0.1, 0.15) is 6.10 Å². The van der Waals surface area contributed by atoms with E-state index in [1.165, 1.54) is 218 Å². The summed E-state index contributed by atoms with van der Waals surface area (Å²) in [5.41, 5.74) is 0. The Hall–Kier alpha value is -1.92. The molecule has 0 aliphatic rings. The molecule has 70 heavy (non-hydrogen) atoms. The van der Waals surface area contributed by atoms with Crippen molar-refractivity contribution < 1.29 is 24.5 Å². The van der Waals surface area contributed by atoms with Crippen molar-refractivity contribution in [3.63, 3.8) is 0 Å². The van der Waals surface area contributed by atoms with Gasteiger partial charge in [-0.1, -0.05) is 308 Å². The fraction of sp³-hybridized carbons (Fsp3) is 0.875. The number of aliphatic hydroxyl groups is 2. The van der Waals surface area contributed by atoms with E-state index in [-0.39, 0.29) is 24.9 Å². The maximum atomic E-state index is 13.3. The number of esters is 1. The average molecular weight is 985 g/mol.